The summed E-state index contributed by atoms with van der Waals surface area (Å²) < 4.78 is 5.86. The van der Waals surface area contributed by atoms with E-state index in [-0.39, 0.29) is 6.10 Å². The van der Waals surface area contributed by atoms with Crippen LogP contribution in [0.1, 0.15) is 44.6 Å². The summed E-state index contributed by atoms with van der Waals surface area (Å²) in [5, 5.41) is 11.3. The van der Waals surface area contributed by atoms with Gasteiger partial charge in [-0.1, -0.05) is 43.0 Å². The van der Waals surface area contributed by atoms with Gasteiger partial charge in [-0.05, 0) is 43.4 Å². The highest BCUT2D eigenvalue weighted by molar-refractivity contribution is 6.30. The second kappa shape index (κ2) is 8.02. The minimum Gasteiger partial charge on any atom is -0.390 e. The molecule has 0 radical (unpaired) electrons. The van der Waals surface area contributed by atoms with Gasteiger partial charge >= 0.3 is 0 Å². The predicted octanol–water partition coefficient (Wildman–Crippen LogP) is 4.23. The molecule has 0 heterocycles. The highest BCUT2D eigenvalue weighted by atomic mass is 35.5. The molecule has 0 bridgehead atoms. The molecule has 1 saturated carbocycles. The first-order chi connectivity index (χ1) is 9.70. The third-order valence-electron chi connectivity index (χ3n) is 4.19. The van der Waals surface area contributed by atoms with E-state index < -0.39 is 6.10 Å². The van der Waals surface area contributed by atoms with Crippen LogP contribution in [0.15, 0.2) is 24.3 Å². The molecule has 0 aliphatic heterocycles. The summed E-state index contributed by atoms with van der Waals surface area (Å²) in [5.74, 6) is 0.498. The molecule has 1 fully saturated rings. The maximum atomic E-state index is 10.6. The Morgan fingerprint density at radius 3 is 2.70 bits per heavy atom. The van der Waals surface area contributed by atoms with Crippen LogP contribution in [0.3, 0.4) is 0 Å². The molecule has 0 spiro atoms. The lowest BCUT2D eigenvalue weighted by molar-refractivity contribution is -0.0715. The van der Waals surface area contributed by atoms with Crippen molar-refractivity contribution in [1.82, 2.24) is 0 Å². The van der Waals surface area contributed by atoms with Crippen LogP contribution in [0.5, 0.6) is 0 Å². The van der Waals surface area contributed by atoms with Gasteiger partial charge in [-0.3, -0.25) is 0 Å². The first kappa shape index (κ1) is 15.8. The van der Waals surface area contributed by atoms with Crippen molar-refractivity contribution in [2.45, 2.75) is 57.7 Å². The Labute approximate surface area is 127 Å². The maximum absolute atomic E-state index is 10.6. The number of halogens is 1. The number of ether oxygens (including phenoxy) is 1. The van der Waals surface area contributed by atoms with E-state index in [1.54, 1.807) is 0 Å². The lowest BCUT2D eigenvalue weighted by atomic mass is 9.82. The van der Waals surface area contributed by atoms with Crippen LogP contribution in [-0.2, 0) is 11.2 Å². The molecule has 1 aliphatic carbocycles. The normalized spacial score (nSPS) is 19.8. The molecule has 2 unspecified atom stereocenters. The largest absolute Gasteiger partial charge is 0.390 e. The summed E-state index contributed by atoms with van der Waals surface area (Å²) in [5.41, 5.74) is 1.07. The van der Waals surface area contributed by atoms with Crippen LogP contribution in [0.4, 0.5) is 0 Å². The molecule has 1 N–H and O–H groups in total. The number of rotatable bonds is 6. The fourth-order valence-electron chi connectivity index (χ4n) is 3.24. The Kier molecular flexibility index (Phi) is 6.34. The molecule has 20 heavy (non-hydrogen) atoms. The molecule has 0 saturated heterocycles. The summed E-state index contributed by atoms with van der Waals surface area (Å²) in [6.45, 7) is 2.66. The van der Waals surface area contributed by atoms with Crippen molar-refractivity contribution in [3.63, 3.8) is 0 Å². The van der Waals surface area contributed by atoms with Gasteiger partial charge in [-0.25, -0.2) is 0 Å². The molecule has 2 atom stereocenters. The Morgan fingerprint density at radius 1 is 1.30 bits per heavy atom. The van der Waals surface area contributed by atoms with Gasteiger partial charge in [0, 0.05) is 18.1 Å². The van der Waals surface area contributed by atoms with E-state index in [4.69, 9.17) is 16.3 Å². The van der Waals surface area contributed by atoms with Crippen molar-refractivity contribution >= 4 is 11.6 Å². The third-order valence-corrected chi connectivity index (χ3v) is 4.42. The van der Waals surface area contributed by atoms with Crippen molar-refractivity contribution in [2.24, 2.45) is 5.92 Å². The first-order valence-corrected chi connectivity index (χ1v) is 8.12. The zero-order chi connectivity index (χ0) is 14.4. The van der Waals surface area contributed by atoms with Gasteiger partial charge in [-0.15, -0.1) is 0 Å². The average Bonchev–Trinajstić information content (AvgIpc) is 2.45. The molecular formula is C17H25ClO2. The molecule has 1 aromatic rings. The number of aliphatic hydroxyl groups is 1. The van der Waals surface area contributed by atoms with Gasteiger partial charge in [0.25, 0.3) is 0 Å². The Bertz CT molecular complexity index is 402. The Morgan fingerprint density at radius 2 is 2.05 bits per heavy atom. The second-order valence-electron chi connectivity index (χ2n) is 5.72. The fourth-order valence-corrected chi connectivity index (χ4v) is 3.45. The van der Waals surface area contributed by atoms with Gasteiger partial charge in [0.15, 0.2) is 0 Å². The van der Waals surface area contributed by atoms with Crippen LogP contribution in [0.2, 0.25) is 5.02 Å². The Hall–Kier alpha value is -0.570. The summed E-state index contributed by atoms with van der Waals surface area (Å²) in [6.07, 6.45) is 6.32. The molecule has 112 valence electrons. The molecule has 2 rings (SSSR count). The molecule has 0 amide bonds. The lowest BCUT2D eigenvalue weighted by Crippen LogP contribution is -2.38. The van der Waals surface area contributed by atoms with Crippen LogP contribution in [-0.4, -0.2) is 23.9 Å². The summed E-state index contributed by atoms with van der Waals surface area (Å²) in [4.78, 5) is 0. The lowest BCUT2D eigenvalue weighted by Gasteiger charge is -2.33. The van der Waals surface area contributed by atoms with Crippen molar-refractivity contribution in [3.8, 4) is 0 Å². The second-order valence-corrected chi connectivity index (χ2v) is 6.16. The number of aliphatic hydroxyl groups excluding tert-OH is 1. The van der Waals surface area contributed by atoms with E-state index in [1.165, 1.54) is 32.1 Å². The van der Waals surface area contributed by atoms with E-state index in [0.717, 1.165) is 10.6 Å². The third kappa shape index (κ3) is 4.47. The van der Waals surface area contributed by atoms with Crippen LogP contribution < -0.4 is 0 Å². The van der Waals surface area contributed by atoms with E-state index in [2.05, 4.69) is 0 Å². The van der Waals surface area contributed by atoms with Crippen LogP contribution in [0, 0.1) is 5.92 Å². The van der Waals surface area contributed by atoms with Gasteiger partial charge < -0.3 is 9.84 Å². The van der Waals surface area contributed by atoms with Gasteiger partial charge in [-0.2, -0.15) is 0 Å². The number of hydrogen-bond acceptors (Lipinski definition) is 2. The average molecular weight is 297 g/mol. The molecule has 1 aliphatic rings. The summed E-state index contributed by atoms with van der Waals surface area (Å²) >= 11 is 6.00. The maximum Gasteiger partial charge on any atom is 0.0865 e. The van der Waals surface area contributed by atoms with Crippen LogP contribution in [0.25, 0.3) is 0 Å². The zero-order valence-corrected chi connectivity index (χ0v) is 13.0. The van der Waals surface area contributed by atoms with Crippen molar-refractivity contribution in [2.75, 3.05) is 6.61 Å². The van der Waals surface area contributed by atoms with E-state index in [9.17, 15) is 5.11 Å². The smallest absolute Gasteiger partial charge is 0.0865 e. The van der Waals surface area contributed by atoms with E-state index >= 15 is 0 Å². The summed E-state index contributed by atoms with van der Waals surface area (Å²) in [7, 11) is 0. The molecular weight excluding hydrogens is 272 g/mol. The van der Waals surface area contributed by atoms with Crippen LogP contribution >= 0.6 is 11.6 Å². The minimum absolute atomic E-state index is 0.0423. The van der Waals surface area contributed by atoms with E-state index in [1.807, 2.05) is 31.2 Å². The zero-order valence-electron chi connectivity index (χ0n) is 12.2. The van der Waals surface area contributed by atoms with Gasteiger partial charge in [0.1, 0.15) is 0 Å². The van der Waals surface area contributed by atoms with Crippen molar-refractivity contribution < 1.29 is 9.84 Å². The highest BCUT2D eigenvalue weighted by Gasteiger charge is 2.30. The fraction of sp³-hybridized carbons (Fsp3) is 0.647. The minimum atomic E-state index is -0.448. The number of hydrogen-bond donors (Lipinski definition) is 1. The van der Waals surface area contributed by atoms with E-state index in [0.29, 0.717) is 18.9 Å². The molecule has 3 heteroatoms. The summed E-state index contributed by atoms with van der Waals surface area (Å²) in [6, 6.07) is 7.73. The molecule has 0 aromatic heterocycles. The standard InChI is InChI=1S/C17H25ClO2/c1-2-20-17(14-8-4-3-5-9-14)16(19)12-13-7-6-10-15(18)11-13/h6-7,10-11,14,16-17,19H,2-5,8-9,12H2,1H3. The topological polar surface area (TPSA) is 29.5 Å². The molecule has 2 nitrogen and oxygen atoms in total. The first-order valence-electron chi connectivity index (χ1n) is 7.74. The van der Waals surface area contributed by atoms with Gasteiger partial charge in [0.05, 0.1) is 12.2 Å². The SMILES string of the molecule is CCOC(C(O)Cc1cccc(Cl)c1)C1CCCCC1. The van der Waals surface area contributed by atoms with Gasteiger partial charge in [0.2, 0.25) is 0 Å². The predicted molar refractivity (Wildman–Crippen MR) is 83.2 cm³/mol. The highest BCUT2D eigenvalue weighted by Crippen LogP contribution is 2.30. The quantitative estimate of drug-likeness (QED) is 0.851. The van der Waals surface area contributed by atoms with Crippen molar-refractivity contribution in [3.05, 3.63) is 34.9 Å². The van der Waals surface area contributed by atoms with Crippen molar-refractivity contribution in [1.29, 1.82) is 0 Å². The number of benzene rings is 1. The Balaban J connectivity index is 2.00. The monoisotopic (exact) mass is 296 g/mol. The molecule has 1 aromatic carbocycles.